The highest BCUT2D eigenvalue weighted by atomic mass is 32.2. The molecule has 0 spiro atoms. The highest BCUT2D eigenvalue weighted by Crippen LogP contribution is 2.40. The van der Waals surface area contributed by atoms with Crippen LogP contribution in [0.2, 0.25) is 0 Å². The number of hydrogen-bond donors (Lipinski definition) is 0. The smallest absolute Gasteiger partial charge is 0.335 e. The number of ether oxygens (including phenoxy) is 2. The van der Waals surface area contributed by atoms with Crippen LogP contribution in [0.5, 0.6) is 11.5 Å². The van der Waals surface area contributed by atoms with Crippen LogP contribution in [0.4, 0.5) is 0 Å². The molecule has 7 heteroatoms. The maximum Gasteiger partial charge on any atom is 0.335 e. The molecule has 0 radical (unpaired) electrons. The molecule has 1 aromatic heterocycles. The van der Waals surface area contributed by atoms with E-state index in [0.29, 0.717) is 23.9 Å². The standard InChI is InChI=1S/C18H17NO5S/c20-17-4-2-13(10-22-17)18(21)19-6-5-16(25-8-7-19)12-1-3-14-15(9-12)24-11-23-14/h1-4,9-10,16H,5-8,11H2. The molecule has 0 bridgehead atoms. The molecule has 2 aliphatic heterocycles. The van der Waals surface area contributed by atoms with E-state index in [-0.39, 0.29) is 12.7 Å². The lowest BCUT2D eigenvalue weighted by atomic mass is 10.1. The Morgan fingerprint density at radius 2 is 2.00 bits per heavy atom. The van der Waals surface area contributed by atoms with Crippen molar-refractivity contribution in [3.8, 4) is 11.5 Å². The lowest BCUT2D eigenvalue weighted by Crippen LogP contribution is -2.33. The van der Waals surface area contributed by atoms with E-state index in [1.807, 2.05) is 28.8 Å². The van der Waals surface area contributed by atoms with E-state index in [0.717, 1.165) is 23.7 Å². The van der Waals surface area contributed by atoms with E-state index >= 15 is 0 Å². The van der Waals surface area contributed by atoms with Crippen molar-refractivity contribution in [1.29, 1.82) is 0 Å². The van der Waals surface area contributed by atoms with Crippen molar-refractivity contribution in [2.45, 2.75) is 11.7 Å². The molecule has 0 saturated carbocycles. The van der Waals surface area contributed by atoms with Crippen LogP contribution < -0.4 is 15.1 Å². The Kier molecular flexibility index (Phi) is 4.40. The summed E-state index contributed by atoms with van der Waals surface area (Å²) in [5, 5.41) is 0.306. The van der Waals surface area contributed by atoms with Gasteiger partial charge in [-0.2, -0.15) is 11.8 Å². The van der Waals surface area contributed by atoms with Crippen LogP contribution in [-0.4, -0.2) is 36.4 Å². The molecule has 1 unspecified atom stereocenters. The summed E-state index contributed by atoms with van der Waals surface area (Å²) in [7, 11) is 0. The molecule has 130 valence electrons. The summed E-state index contributed by atoms with van der Waals surface area (Å²) in [6, 6.07) is 8.83. The zero-order valence-corrected chi connectivity index (χ0v) is 14.3. The van der Waals surface area contributed by atoms with Crippen molar-refractivity contribution in [3.63, 3.8) is 0 Å². The van der Waals surface area contributed by atoms with E-state index in [1.165, 1.54) is 24.0 Å². The SMILES string of the molecule is O=C(c1ccc(=O)oc1)N1CCSC(c2ccc3c(c2)OCO3)CC1. The van der Waals surface area contributed by atoms with Gasteiger partial charge < -0.3 is 18.8 Å². The Labute approximate surface area is 148 Å². The Balaban J connectivity index is 1.46. The number of nitrogens with zero attached hydrogens (tertiary/aromatic N) is 1. The number of fused-ring (bicyclic) bond motifs is 1. The van der Waals surface area contributed by atoms with Gasteiger partial charge in [-0.25, -0.2) is 4.79 Å². The maximum atomic E-state index is 12.6. The summed E-state index contributed by atoms with van der Waals surface area (Å²) in [5.41, 5.74) is 1.14. The highest BCUT2D eigenvalue weighted by molar-refractivity contribution is 7.99. The molecular weight excluding hydrogens is 342 g/mol. The average Bonchev–Trinajstić information content (AvgIpc) is 2.96. The summed E-state index contributed by atoms with van der Waals surface area (Å²) in [6.45, 7) is 1.60. The van der Waals surface area contributed by atoms with Gasteiger partial charge in [-0.3, -0.25) is 4.79 Å². The minimum Gasteiger partial charge on any atom is -0.454 e. The van der Waals surface area contributed by atoms with Crippen LogP contribution in [0, 0.1) is 0 Å². The van der Waals surface area contributed by atoms with Gasteiger partial charge in [0.05, 0.1) is 5.56 Å². The number of rotatable bonds is 2. The second-order valence-electron chi connectivity index (χ2n) is 5.90. The third-order valence-electron chi connectivity index (χ3n) is 4.35. The lowest BCUT2D eigenvalue weighted by Gasteiger charge is -2.20. The van der Waals surface area contributed by atoms with Crippen molar-refractivity contribution in [2.24, 2.45) is 0 Å². The van der Waals surface area contributed by atoms with Crippen LogP contribution in [-0.2, 0) is 0 Å². The lowest BCUT2D eigenvalue weighted by molar-refractivity contribution is 0.0764. The highest BCUT2D eigenvalue weighted by Gasteiger charge is 2.24. The fourth-order valence-corrected chi connectivity index (χ4v) is 4.24. The molecule has 2 aromatic rings. The number of thioether (sulfide) groups is 1. The Morgan fingerprint density at radius 3 is 2.84 bits per heavy atom. The molecule has 1 aromatic carbocycles. The summed E-state index contributed by atoms with van der Waals surface area (Å²) in [6.07, 6.45) is 2.09. The monoisotopic (exact) mass is 359 g/mol. The van der Waals surface area contributed by atoms with Crippen molar-refractivity contribution in [2.75, 3.05) is 25.6 Å². The first-order valence-electron chi connectivity index (χ1n) is 8.10. The summed E-state index contributed by atoms with van der Waals surface area (Å²) < 4.78 is 15.6. The topological polar surface area (TPSA) is 69.0 Å². The largest absolute Gasteiger partial charge is 0.454 e. The molecule has 0 aliphatic carbocycles. The van der Waals surface area contributed by atoms with Crippen molar-refractivity contribution in [1.82, 2.24) is 4.90 Å². The predicted molar refractivity (Wildman–Crippen MR) is 93.3 cm³/mol. The number of benzene rings is 1. The third-order valence-corrected chi connectivity index (χ3v) is 5.67. The van der Waals surface area contributed by atoms with E-state index in [4.69, 9.17) is 13.9 Å². The van der Waals surface area contributed by atoms with Crippen LogP contribution in [0.15, 0.2) is 45.8 Å². The van der Waals surface area contributed by atoms with E-state index in [1.54, 1.807) is 0 Å². The molecular formula is C18H17NO5S. The minimum atomic E-state index is -0.453. The fourth-order valence-electron chi connectivity index (χ4n) is 3.01. The van der Waals surface area contributed by atoms with Crippen molar-refractivity contribution in [3.05, 3.63) is 58.1 Å². The maximum absolute atomic E-state index is 12.6. The van der Waals surface area contributed by atoms with Gasteiger partial charge in [0.15, 0.2) is 11.5 Å². The predicted octanol–water partition coefficient (Wildman–Crippen LogP) is 2.69. The van der Waals surface area contributed by atoms with E-state index in [2.05, 4.69) is 6.07 Å². The molecule has 4 rings (SSSR count). The summed E-state index contributed by atoms with van der Waals surface area (Å²) in [4.78, 5) is 25.4. The van der Waals surface area contributed by atoms with Crippen LogP contribution >= 0.6 is 11.8 Å². The van der Waals surface area contributed by atoms with Gasteiger partial charge in [0.1, 0.15) is 6.26 Å². The molecule has 1 fully saturated rings. The first-order valence-corrected chi connectivity index (χ1v) is 9.15. The van der Waals surface area contributed by atoms with Gasteiger partial charge >= 0.3 is 5.63 Å². The number of hydrogen-bond acceptors (Lipinski definition) is 6. The second kappa shape index (κ2) is 6.84. The molecule has 1 saturated heterocycles. The first kappa shape index (κ1) is 16.1. The Hall–Kier alpha value is -2.41. The minimum absolute atomic E-state index is 0.101. The fraction of sp³-hybridized carbons (Fsp3) is 0.333. The van der Waals surface area contributed by atoms with Crippen molar-refractivity contribution >= 4 is 17.7 Å². The quantitative estimate of drug-likeness (QED) is 0.821. The van der Waals surface area contributed by atoms with Crippen molar-refractivity contribution < 1.29 is 18.7 Å². The summed E-state index contributed by atoms with van der Waals surface area (Å²) in [5.74, 6) is 2.32. The van der Waals surface area contributed by atoms with Crippen LogP contribution in [0.1, 0.15) is 27.6 Å². The molecule has 0 N–H and O–H groups in total. The number of amides is 1. The van der Waals surface area contributed by atoms with Crippen LogP contribution in [0.25, 0.3) is 0 Å². The number of carbonyl (C=O) groups excluding carboxylic acids is 1. The number of carbonyl (C=O) groups is 1. The summed E-state index contributed by atoms with van der Waals surface area (Å²) >= 11 is 1.84. The zero-order chi connectivity index (χ0) is 17.2. The molecule has 6 nitrogen and oxygen atoms in total. The van der Waals surface area contributed by atoms with Gasteiger partial charge in [-0.05, 0) is 30.2 Å². The Morgan fingerprint density at radius 1 is 1.12 bits per heavy atom. The van der Waals surface area contributed by atoms with Gasteiger partial charge in [0.2, 0.25) is 6.79 Å². The van der Waals surface area contributed by atoms with E-state index < -0.39 is 5.63 Å². The first-order chi connectivity index (χ1) is 12.2. The normalized spacial score (nSPS) is 19.5. The molecule has 1 atom stereocenters. The van der Waals surface area contributed by atoms with E-state index in [9.17, 15) is 9.59 Å². The van der Waals surface area contributed by atoms with Gasteiger partial charge in [-0.1, -0.05) is 6.07 Å². The van der Waals surface area contributed by atoms with Gasteiger partial charge in [0, 0.05) is 30.2 Å². The Bertz CT molecular complexity index is 829. The molecule has 2 aliphatic rings. The van der Waals surface area contributed by atoms with Gasteiger partial charge in [-0.15, -0.1) is 0 Å². The third kappa shape index (κ3) is 3.37. The zero-order valence-electron chi connectivity index (χ0n) is 13.5. The van der Waals surface area contributed by atoms with Gasteiger partial charge in [0.25, 0.3) is 5.91 Å². The average molecular weight is 359 g/mol. The molecule has 1 amide bonds. The second-order valence-corrected chi connectivity index (χ2v) is 7.21. The van der Waals surface area contributed by atoms with Crippen LogP contribution in [0.3, 0.4) is 0 Å². The molecule has 3 heterocycles. The molecule has 25 heavy (non-hydrogen) atoms.